The number of hydrogen-bond acceptors (Lipinski definition) is 4. The summed E-state index contributed by atoms with van der Waals surface area (Å²) in [5, 5.41) is 10.3. The van der Waals surface area contributed by atoms with Gasteiger partial charge >= 0.3 is 0 Å². The lowest BCUT2D eigenvalue weighted by molar-refractivity contribution is 0.102. The van der Waals surface area contributed by atoms with Gasteiger partial charge in [-0.3, -0.25) is 9.89 Å². The minimum atomic E-state index is -3.59. The fourth-order valence-electron chi connectivity index (χ4n) is 2.48. The zero-order valence-electron chi connectivity index (χ0n) is 14.1. The predicted octanol–water partition coefficient (Wildman–Crippen LogP) is 2.37. The minimum absolute atomic E-state index is 0.155. The van der Waals surface area contributed by atoms with E-state index in [9.17, 15) is 13.2 Å². The lowest BCUT2D eigenvalue weighted by Crippen LogP contribution is -2.23. The van der Waals surface area contributed by atoms with Crippen LogP contribution in [-0.4, -0.2) is 42.9 Å². The van der Waals surface area contributed by atoms with Gasteiger partial charge in [-0.1, -0.05) is 24.3 Å². The largest absolute Gasteiger partial charge is 0.321 e. The molecule has 0 aliphatic rings. The van der Waals surface area contributed by atoms with Gasteiger partial charge in [0.25, 0.3) is 5.91 Å². The van der Waals surface area contributed by atoms with Crippen LogP contribution in [0.15, 0.2) is 47.4 Å². The summed E-state index contributed by atoms with van der Waals surface area (Å²) in [6.07, 6.45) is 0. The summed E-state index contributed by atoms with van der Waals surface area (Å²) in [5.41, 5.74) is 2.01. The second-order valence-electron chi connectivity index (χ2n) is 5.84. The van der Waals surface area contributed by atoms with Crippen molar-refractivity contribution in [3.05, 3.63) is 53.7 Å². The number of aromatic amines is 1. The number of amides is 1. The number of sulfonamides is 1. The Kier molecular flexibility index (Phi) is 4.32. The van der Waals surface area contributed by atoms with E-state index in [0.29, 0.717) is 16.6 Å². The Morgan fingerprint density at radius 2 is 1.88 bits per heavy atom. The molecule has 7 nitrogen and oxygen atoms in total. The smallest absolute Gasteiger partial charge is 0.276 e. The Morgan fingerprint density at radius 1 is 1.16 bits per heavy atom. The number of nitrogens with one attached hydrogen (secondary N) is 2. The topological polar surface area (TPSA) is 95.2 Å². The number of aryl methyl sites for hydroxylation is 1. The number of fused-ring (bicyclic) bond motifs is 1. The van der Waals surface area contributed by atoms with E-state index in [2.05, 4.69) is 15.5 Å². The van der Waals surface area contributed by atoms with E-state index < -0.39 is 15.9 Å². The van der Waals surface area contributed by atoms with Crippen molar-refractivity contribution in [2.75, 3.05) is 19.4 Å². The summed E-state index contributed by atoms with van der Waals surface area (Å²) in [6.45, 7) is 1.71. The van der Waals surface area contributed by atoms with Crippen molar-refractivity contribution < 1.29 is 13.2 Å². The number of nitrogens with zero attached hydrogens (tertiary/aromatic N) is 2. The molecule has 0 spiro atoms. The lowest BCUT2D eigenvalue weighted by atomic mass is 10.2. The molecule has 3 rings (SSSR count). The lowest BCUT2D eigenvalue weighted by Gasteiger charge is -2.15. The Balaban J connectivity index is 1.95. The number of rotatable bonds is 4. The van der Waals surface area contributed by atoms with Crippen molar-refractivity contribution in [3.8, 4) is 0 Å². The van der Waals surface area contributed by atoms with Crippen LogP contribution in [0, 0.1) is 6.92 Å². The van der Waals surface area contributed by atoms with E-state index in [1.807, 2.05) is 18.2 Å². The highest BCUT2D eigenvalue weighted by atomic mass is 32.2. The second kappa shape index (κ2) is 6.30. The van der Waals surface area contributed by atoms with Gasteiger partial charge in [0.2, 0.25) is 10.0 Å². The Bertz CT molecular complexity index is 1050. The molecule has 8 heteroatoms. The average Bonchev–Trinajstić information content (AvgIpc) is 3.00. The zero-order chi connectivity index (χ0) is 18.2. The summed E-state index contributed by atoms with van der Waals surface area (Å²) in [4.78, 5) is 12.7. The zero-order valence-corrected chi connectivity index (χ0v) is 14.9. The van der Waals surface area contributed by atoms with Gasteiger partial charge in [-0.25, -0.2) is 12.7 Å². The number of benzene rings is 2. The molecule has 0 bridgehead atoms. The quantitative estimate of drug-likeness (QED) is 0.748. The van der Waals surface area contributed by atoms with Crippen LogP contribution in [0.1, 0.15) is 16.1 Å². The number of anilines is 1. The molecular formula is C17H18N4O3S. The molecule has 0 aliphatic heterocycles. The number of H-pyrrole nitrogens is 1. The molecule has 0 aliphatic carbocycles. The molecule has 3 aromatic rings. The summed E-state index contributed by atoms with van der Waals surface area (Å²) < 4.78 is 25.9. The van der Waals surface area contributed by atoms with Crippen LogP contribution in [0.25, 0.3) is 10.9 Å². The molecule has 1 amide bonds. The normalized spacial score (nSPS) is 11.8. The molecule has 130 valence electrons. The summed E-state index contributed by atoms with van der Waals surface area (Å²) in [6, 6.07) is 12.1. The molecule has 1 heterocycles. The van der Waals surface area contributed by atoms with Crippen LogP contribution < -0.4 is 5.32 Å². The average molecular weight is 358 g/mol. The van der Waals surface area contributed by atoms with Gasteiger partial charge in [0, 0.05) is 25.2 Å². The number of para-hydroxylation sites is 1. The third-order valence-electron chi connectivity index (χ3n) is 3.89. The van der Waals surface area contributed by atoms with E-state index in [1.54, 1.807) is 25.1 Å². The van der Waals surface area contributed by atoms with Crippen LogP contribution in [0.3, 0.4) is 0 Å². The summed E-state index contributed by atoms with van der Waals surface area (Å²) >= 11 is 0. The first-order valence-electron chi connectivity index (χ1n) is 7.58. The molecule has 2 aromatic carbocycles. The van der Waals surface area contributed by atoms with Crippen LogP contribution >= 0.6 is 0 Å². The molecule has 2 N–H and O–H groups in total. The molecule has 0 saturated carbocycles. The van der Waals surface area contributed by atoms with Crippen molar-refractivity contribution in [2.24, 2.45) is 0 Å². The van der Waals surface area contributed by atoms with Gasteiger partial charge in [0.1, 0.15) is 0 Å². The van der Waals surface area contributed by atoms with Crippen LogP contribution in [0.4, 0.5) is 5.69 Å². The first kappa shape index (κ1) is 17.1. The molecule has 0 atom stereocenters. The van der Waals surface area contributed by atoms with Crippen molar-refractivity contribution in [1.29, 1.82) is 0 Å². The highest BCUT2D eigenvalue weighted by Gasteiger charge is 2.21. The number of carbonyl (C=O) groups excluding carboxylic acids is 1. The minimum Gasteiger partial charge on any atom is -0.321 e. The highest BCUT2D eigenvalue weighted by Crippen LogP contribution is 2.23. The van der Waals surface area contributed by atoms with E-state index in [1.165, 1.54) is 20.2 Å². The first-order valence-corrected chi connectivity index (χ1v) is 9.02. The molecule has 0 saturated heterocycles. The third-order valence-corrected chi connectivity index (χ3v) is 5.85. The van der Waals surface area contributed by atoms with E-state index >= 15 is 0 Å². The monoisotopic (exact) mass is 358 g/mol. The molecule has 0 radical (unpaired) electrons. The SMILES string of the molecule is Cc1ccc(NC(=O)c2n[nH]c3ccccc23)cc1S(=O)(=O)N(C)C. The van der Waals surface area contributed by atoms with E-state index in [0.717, 1.165) is 9.82 Å². The van der Waals surface area contributed by atoms with E-state index in [-0.39, 0.29) is 10.6 Å². The van der Waals surface area contributed by atoms with Gasteiger partial charge < -0.3 is 5.32 Å². The molecule has 1 aromatic heterocycles. The fourth-order valence-corrected chi connectivity index (χ4v) is 3.62. The van der Waals surface area contributed by atoms with Crippen LogP contribution in [-0.2, 0) is 10.0 Å². The highest BCUT2D eigenvalue weighted by molar-refractivity contribution is 7.89. The van der Waals surface area contributed by atoms with Gasteiger partial charge in [-0.2, -0.15) is 5.10 Å². The summed E-state index contributed by atoms with van der Waals surface area (Å²) in [7, 11) is -0.658. The molecule has 0 fully saturated rings. The van der Waals surface area contributed by atoms with Gasteiger partial charge in [0.15, 0.2) is 5.69 Å². The number of hydrogen-bond donors (Lipinski definition) is 2. The van der Waals surface area contributed by atoms with Crippen molar-refractivity contribution >= 4 is 32.5 Å². The Morgan fingerprint density at radius 3 is 2.60 bits per heavy atom. The predicted molar refractivity (Wildman–Crippen MR) is 96.1 cm³/mol. The van der Waals surface area contributed by atoms with Crippen LogP contribution in [0.2, 0.25) is 0 Å². The number of aromatic nitrogens is 2. The maximum absolute atomic E-state index is 12.5. The second-order valence-corrected chi connectivity index (χ2v) is 7.96. The van der Waals surface area contributed by atoms with E-state index in [4.69, 9.17) is 0 Å². The maximum Gasteiger partial charge on any atom is 0.276 e. The van der Waals surface area contributed by atoms with Crippen molar-refractivity contribution in [2.45, 2.75) is 11.8 Å². The number of carbonyl (C=O) groups is 1. The Labute approximate surface area is 145 Å². The fraction of sp³-hybridized carbons (Fsp3) is 0.176. The standard InChI is InChI=1S/C17H18N4O3S/c1-11-8-9-12(10-15(11)25(23,24)21(2)3)18-17(22)16-13-6-4-5-7-14(13)19-20-16/h4-10H,1-3H3,(H,18,22)(H,19,20). The molecule has 25 heavy (non-hydrogen) atoms. The van der Waals surface area contributed by atoms with Crippen molar-refractivity contribution in [3.63, 3.8) is 0 Å². The Hall–Kier alpha value is -2.71. The van der Waals surface area contributed by atoms with Gasteiger partial charge in [-0.15, -0.1) is 0 Å². The van der Waals surface area contributed by atoms with Crippen molar-refractivity contribution in [1.82, 2.24) is 14.5 Å². The first-order chi connectivity index (χ1) is 11.8. The molecule has 0 unspecified atom stereocenters. The van der Waals surface area contributed by atoms with Gasteiger partial charge in [-0.05, 0) is 30.7 Å². The maximum atomic E-state index is 12.5. The summed E-state index contributed by atoms with van der Waals surface area (Å²) in [5.74, 6) is -0.408. The third kappa shape index (κ3) is 3.13. The van der Waals surface area contributed by atoms with Gasteiger partial charge in [0.05, 0.1) is 10.4 Å². The molecular weight excluding hydrogens is 340 g/mol. The van der Waals surface area contributed by atoms with Crippen LogP contribution in [0.5, 0.6) is 0 Å².